The number of rotatable bonds is 5. The van der Waals surface area contributed by atoms with Crippen LogP contribution in [0.3, 0.4) is 0 Å². The fraction of sp³-hybridized carbons (Fsp3) is 0.600. The van der Waals surface area contributed by atoms with E-state index in [-0.39, 0.29) is 56.8 Å². The van der Waals surface area contributed by atoms with Crippen LogP contribution in [-0.4, -0.2) is 56.5 Å². The molecule has 1 N–H and O–H groups in total. The van der Waals surface area contributed by atoms with Crippen LogP contribution in [0.4, 0.5) is 0 Å². The summed E-state index contributed by atoms with van der Waals surface area (Å²) in [6.07, 6.45) is 4.89. The fourth-order valence-corrected chi connectivity index (χ4v) is 2.17. The summed E-state index contributed by atoms with van der Waals surface area (Å²) < 4.78 is 0. The van der Waals surface area contributed by atoms with E-state index in [4.69, 9.17) is 0 Å². The minimum Gasteiger partial charge on any atom is -0.508 e. The Balaban J connectivity index is 0.00000256. The van der Waals surface area contributed by atoms with Gasteiger partial charge in [0.1, 0.15) is 5.75 Å². The first kappa shape index (κ1) is 17.7. The van der Waals surface area contributed by atoms with Crippen molar-refractivity contribution in [3.63, 3.8) is 0 Å². The predicted molar refractivity (Wildman–Crippen MR) is 75.8 cm³/mol. The second kappa shape index (κ2) is 7.95. The van der Waals surface area contributed by atoms with Crippen LogP contribution in [0.1, 0.15) is 57.6 Å². The van der Waals surface area contributed by atoms with Gasteiger partial charge in [0.05, 0.1) is 0 Å². The maximum atomic E-state index is 9.98. The zero-order chi connectivity index (χ0) is 12.2. The Morgan fingerprint density at radius 2 is 1.82 bits per heavy atom. The maximum absolute atomic E-state index is 9.98. The number of unbranched alkanes of at least 4 members (excludes halogenated alkanes) is 2. The molecule has 91 valence electrons. The van der Waals surface area contributed by atoms with Crippen molar-refractivity contribution in [1.29, 1.82) is 0 Å². The molecule has 0 atom stereocenters. The van der Waals surface area contributed by atoms with E-state index in [1.165, 1.54) is 19.3 Å². The molecule has 2 heteroatoms. The van der Waals surface area contributed by atoms with E-state index in [0.29, 0.717) is 5.75 Å². The van der Waals surface area contributed by atoms with Crippen LogP contribution in [0.5, 0.6) is 5.75 Å². The third kappa shape index (κ3) is 5.44. The number of aryl methyl sites for hydroxylation is 1. The zero-order valence-corrected chi connectivity index (χ0v) is 15.1. The smallest absolute Gasteiger partial charge is 0.119 e. The first-order chi connectivity index (χ1) is 7.47. The summed E-state index contributed by atoms with van der Waals surface area (Å²) in [4.78, 5) is 0. The van der Waals surface area contributed by atoms with E-state index in [1.807, 2.05) is 13.0 Å². The van der Waals surface area contributed by atoms with Crippen molar-refractivity contribution >= 4 is 51.4 Å². The van der Waals surface area contributed by atoms with Crippen molar-refractivity contribution in [3.8, 4) is 5.75 Å². The van der Waals surface area contributed by atoms with Gasteiger partial charge >= 0.3 is 0 Å². The molecule has 1 rings (SSSR count). The Morgan fingerprint density at radius 3 is 2.35 bits per heavy atom. The van der Waals surface area contributed by atoms with Gasteiger partial charge in [-0.3, -0.25) is 0 Å². The Hall–Kier alpha value is 0.656. The molecule has 0 heterocycles. The van der Waals surface area contributed by atoms with Gasteiger partial charge in [-0.25, -0.2) is 0 Å². The van der Waals surface area contributed by atoms with Crippen LogP contribution in [0, 0.1) is 6.92 Å². The van der Waals surface area contributed by atoms with Crippen molar-refractivity contribution in [1.82, 2.24) is 0 Å². The minimum absolute atomic E-state index is 0. The first-order valence-electron chi connectivity index (χ1n) is 6.27. The number of benzene rings is 1. The number of hydrogen-bond donors (Lipinski definition) is 1. The molecule has 1 nitrogen and oxygen atoms in total. The average Bonchev–Trinajstić information content (AvgIpc) is 2.17. The predicted octanol–water partition coefficient (Wildman–Crippen LogP) is 4.18. The molecule has 0 unspecified atom stereocenters. The van der Waals surface area contributed by atoms with E-state index in [2.05, 4.69) is 32.9 Å². The topological polar surface area (TPSA) is 20.2 Å². The largest absolute Gasteiger partial charge is 0.508 e. The van der Waals surface area contributed by atoms with Gasteiger partial charge in [-0.05, 0) is 36.0 Å². The molecule has 0 saturated heterocycles. The molecule has 0 bridgehead atoms. The SMILES string of the molecule is CCCCCC(C)(C)c1ccc(C)cc1O.[K]. The minimum atomic E-state index is 0. The Kier molecular flexibility index (Phi) is 8.26. The Labute approximate surface area is 148 Å². The molecule has 0 aliphatic rings. The molecule has 0 aliphatic heterocycles. The molecule has 1 aromatic carbocycles. The molecule has 17 heavy (non-hydrogen) atoms. The molecule has 0 aliphatic carbocycles. The maximum Gasteiger partial charge on any atom is 0.119 e. The first-order valence-corrected chi connectivity index (χ1v) is 6.27. The summed E-state index contributed by atoms with van der Waals surface area (Å²) in [6.45, 7) is 8.66. The number of phenols is 1. The van der Waals surface area contributed by atoms with Crippen molar-refractivity contribution in [2.45, 2.75) is 58.8 Å². The van der Waals surface area contributed by atoms with E-state index in [1.54, 1.807) is 0 Å². The summed E-state index contributed by atoms with van der Waals surface area (Å²) >= 11 is 0. The summed E-state index contributed by atoms with van der Waals surface area (Å²) in [5.74, 6) is 0.446. The van der Waals surface area contributed by atoms with E-state index in [0.717, 1.165) is 17.5 Å². The van der Waals surface area contributed by atoms with Gasteiger partial charge in [0.15, 0.2) is 0 Å². The number of aromatic hydroxyl groups is 1. The Morgan fingerprint density at radius 1 is 1.18 bits per heavy atom. The zero-order valence-electron chi connectivity index (χ0n) is 12.0. The van der Waals surface area contributed by atoms with Gasteiger partial charge in [-0.1, -0.05) is 52.2 Å². The van der Waals surface area contributed by atoms with Gasteiger partial charge in [0.25, 0.3) is 0 Å². The van der Waals surface area contributed by atoms with Crippen LogP contribution >= 0.6 is 0 Å². The van der Waals surface area contributed by atoms with Crippen molar-refractivity contribution < 1.29 is 5.11 Å². The number of hydrogen-bond acceptors (Lipinski definition) is 1. The van der Waals surface area contributed by atoms with Gasteiger partial charge in [0.2, 0.25) is 0 Å². The van der Waals surface area contributed by atoms with E-state index < -0.39 is 0 Å². The summed E-state index contributed by atoms with van der Waals surface area (Å²) in [7, 11) is 0. The number of phenolic OH excluding ortho intramolecular Hbond substituents is 1. The standard InChI is InChI=1S/C15H24O.K/c1-5-6-7-10-15(3,4)13-9-8-12(2)11-14(13)16;/h8-9,11,16H,5-7,10H2,1-4H3;. The second-order valence-electron chi connectivity index (χ2n) is 5.36. The molecule has 1 aromatic rings. The van der Waals surface area contributed by atoms with Crippen molar-refractivity contribution in [2.24, 2.45) is 0 Å². The van der Waals surface area contributed by atoms with E-state index >= 15 is 0 Å². The van der Waals surface area contributed by atoms with Gasteiger partial charge in [-0.2, -0.15) is 0 Å². The molecule has 0 saturated carbocycles. The van der Waals surface area contributed by atoms with Crippen LogP contribution in [0.2, 0.25) is 0 Å². The monoisotopic (exact) mass is 259 g/mol. The van der Waals surface area contributed by atoms with Gasteiger partial charge in [0, 0.05) is 51.4 Å². The van der Waals surface area contributed by atoms with Crippen molar-refractivity contribution in [2.75, 3.05) is 0 Å². The fourth-order valence-electron chi connectivity index (χ4n) is 2.17. The average molecular weight is 259 g/mol. The van der Waals surface area contributed by atoms with Gasteiger partial charge in [-0.15, -0.1) is 0 Å². The van der Waals surface area contributed by atoms with Gasteiger partial charge < -0.3 is 5.11 Å². The van der Waals surface area contributed by atoms with Crippen LogP contribution in [0.25, 0.3) is 0 Å². The molecular weight excluding hydrogens is 235 g/mol. The quantitative estimate of drug-likeness (QED) is 0.621. The molecular formula is C15H24KO. The third-order valence-corrected chi connectivity index (χ3v) is 3.29. The van der Waals surface area contributed by atoms with Crippen LogP contribution in [-0.2, 0) is 5.41 Å². The summed E-state index contributed by atoms with van der Waals surface area (Å²) in [6, 6.07) is 6.00. The molecule has 0 aromatic heterocycles. The molecule has 1 radical (unpaired) electrons. The molecule has 0 amide bonds. The summed E-state index contributed by atoms with van der Waals surface area (Å²) in [5.41, 5.74) is 2.27. The molecule has 0 fully saturated rings. The van der Waals surface area contributed by atoms with Crippen molar-refractivity contribution in [3.05, 3.63) is 29.3 Å². The van der Waals surface area contributed by atoms with Crippen LogP contribution < -0.4 is 0 Å². The summed E-state index contributed by atoms with van der Waals surface area (Å²) in [5, 5.41) is 9.98. The van der Waals surface area contributed by atoms with Crippen LogP contribution in [0.15, 0.2) is 18.2 Å². The third-order valence-electron chi connectivity index (χ3n) is 3.29. The normalized spacial score (nSPS) is 11.1. The second-order valence-corrected chi connectivity index (χ2v) is 5.36. The molecule has 0 spiro atoms. The Bertz CT molecular complexity index is 345. The van der Waals surface area contributed by atoms with E-state index in [9.17, 15) is 5.11 Å².